The van der Waals surface area contributed by atoms with Gasteiger partial charge in [-0.2, -0.15) is 9.82 Å². The summed E-state index contributed by atoms with van der Waals surface area (Å²) in [5.74, 6) is 1.05. The number of nitrogens with one attached hydrogen (secondary N) is 2. The molecule has 25 heavy (non-hydrogen) atoms. The smallest absolute Gasteiger partial charge is 0.258 e. The molecule has 0 aromatic carbocycles. The number of piperidine rings is 1. The summed E-state index contributed by atoms with van der Waals surface area (Å²) in [6.07, 6.45) is 4.04. The number of hydrogen-bond donors (Lipinski definition) is 2. The molecule has 9 nitrogen and oxygen atoms in total. The van der Waals surface area contributed by atoms with Crippen LogP contribution in [-0.4, -0.2) is 46.7 Å². The van der Waals surface area contributed by atoms with E-state index in [1.54, 1.807) is 28.9 Å². The Morgan fingerprint density at radius 3 is 2.76 bits per heavy atom. The number of rotatable bonds is 5. The van der Waals surface area contributed by atoms with Crippen LogP contribution in [0.5, 0.6) is 0 Å². The molecule has 1 fully saturated rings. The zero-order valence-corrected chi connectivity index (χ0v) is 15.2. The van der Waals surface area contributed by atoms with Crippen molar-refractivity contribution in [2.45, 2.75) is 43.7 Å². The molecule has 1 aliphatic heterocycles. The van der Waals surface area contributed by atoms with Crippen molar-refractivity contribution in [3.05, 3.63) is 24.3 Å². The van der Waals surface area contributed by atoms with Crippen LogP contribution in [0.4, 0.5) is 5.82 Å². The summed E-state index contributed by atoms with van der Waals surface area (Å²) in [5.41, 5.74) is 0. The minimum absolute atomic E-state index is 0.0262. The number of aromatic nitrogens is 4. The number of aryl methyl sites for hydroxylation is 1. The maximum atomic E-state index is 12.7. The summed E-state index contributed by atoms with van der Waals surface area (Å²) in [4.78, 5) is 21.2. The Kier molecular flexibility index (Phi) is 4.65. The van der Waals surface area contributed by atoms with Crippen LogP contribution in [0.2, 0.25) is 0 Å². The highest BCUT2D eigenvalue weighted by Gasteiger charge is 2.34. The van der Waals surface area contributed by atoms with Gasteiger partial charge in [0.05, 0.1) is 12.4 Å². The maximum Gasteiger partial charge on any atom is 0.258 e. The molecule has 3 rings (SSSR count). The summed E-state index contributed by atoms with van der Waals surface area (Å²) in [5, 5.41) is 4.04. The molecule has 1 atom stereocenters. The third kappa shape index (κ3) is 3.45. The third-order valence-corrected chi connectivity index (χ3v) is 5.60. The molecule has 0 spiro atoms. The first kappa shape index (κ1) is 17.6. The highest BCUT2D eigenvalue weighted by atomic mass is 32.2. The zero-order valence-electron chi connectivity index (χ0n) is 14.4. The molecule has 10 heteroatoms. The molecule has 1 amide bonds. The molecule has 2 aromatic rings. The fourth-order valence-electron chi connectivity index (χ4n) is 2.84. The molecule has 1 aliphatic rings. The van der Waals surface area contributed by atoms with Crippen molar-refractivity contribution in [1.82, 2.24) is 24.5 Å². The SMILES string of the molecule is CC(C)c1ncc(S(=O)(=O)N[C@@H]2CCCN(c3ccnn3C)C2=O)[nH]1. The predicted molar refractivity (Wildman–Crippen MR) is 91.6 cm³/mol. The Morgan fingerprint density at radius 2 is 2.16 bits per heavy atom. The van der Waals surface area contributed by atoms with Crippen molar-refractivity contribution in [3.63, 3.8) is 0 Å². The summed E-state index contributed by atoms with van der Waals surface area (Å²) >= 11 is 0. The van der Waals surface area contributed by atoms with Gasteiger partial charge in [-0.3, -0.25) is 14.4 Å². The fraction of sp³-hybridized carbons (Fsp3) is 0.533. The largest absolute Gasteiger partial charge is 0.332 e. The van der Waals surface area contributed by atoms with E-state index in [0.29, 0.717) is 31.0 Å². The van der Waals surface area contributed by atoms with E-state index in [1.165, 1.54) is 6.20 Å². The number of carbonyl (C=O) groups is 1. The van der Waals surface area contributed by atoms with Gasteiger partial charge >= 0.3 is 0 Å². The van der Waals surface area contributed by atoms with Crippen LogP contribution >= 0.6 is 0 Å². The lowest BCUT2D eigenvalue weighted by molar-refractivity contribution is -0.121. The third-order valence-electron chi connectivity index (χ3n) is 4.22. The quantitative estimate of drug-likeness (QED) is 0.810. The molecule has 3 heterocycles. The molecule has 0 radical (unpaired) electrons. The summed E-state index contributed by atoms with van der Waals surface area (Å²) in [6.45, 7) is 4.37. The second-order valence-corrected chi connectivity index (χ2v) is 8.09. The van der Waals surface area contributed by atoms with E-state index < -0.39 is 16.1 Å². The molecule has 1 saturated heterocycles. The van der Waals surface area contributed by atoms with Gasteiger partial charge in [-0.25, -0.2) is 13.4 Å². The number of carbonyl (C=O) groups excluding carboxylic acids is 1. The Morgan fingerprint density at radius 1 is 1.40 bits per heavy atom. The van der Waals surface area contributed by atoms with E-state index in [9.17, 15) is 13.2 Å². The Hall–Kier alpha value is -2.20. The topological polar surface area (TPSA) is 113 Å². The minimum Gasteiger partial charge on any atom is -0.332 e. The zero-order chi connectivity index (χ0) is 18.2. The lowest BCUT2D eigenvalue weighted by atomic mass is 10.1. The van der Waals surface area contributed by atoms with Crippen molar-refractivity contribution < 1.29 is 13.2 Å². The molecule has 136 valence electrons. The molecule has 0 bridgehead atoms. The van der Waals surface area contributed by atoms with Gasteiger partial charge in [0.15, 0.2) is 5.03 Å². The van der Waals surface area contributed by atoms with E-state index in [0.717, 1.165) is 0 Å². The number of nitrogens with zero attached hydrogens (tertiary/aromatic N) is 4. The van der Waals surface area contributed by atoms with Gasteiger partial charge in [0.1, 0.15) is 17.7 Å². The lowest BCUT2D eigenvalue weighted by Gasteiger charge is -2.32. The molecular formula is C15H22N6O3S. The highest BCUT2D eigenvalue weighted by molar-refractivity contribution is 7.89. The number of hydrogen-bond acceptors (Lipinski definition) is 5. The molecule has 0 aliphatic carbocycles. The van der Waals surface area contributed by atoms with Crippen molar-refractivity contribution >= 4 is 21.7 Å². The molecule has 0 unspecified atom stereocenters. The Labute approximate surface area is 146 Å². The molecule has 0 saturated carbocycles. The van der Waals surface area contributed by atoms with Gasteiger partial charge in [-0.15, -0.1) is 0 Å². The lowest BCUT2D eigenvalue weighted by Crippen LogP contribution is -2.52. The minimum atomic E-state index is -3.85. The van der Waals surface area contributed by atoms with Gasteiger partial charge < -0.3 is 4.98 Å². The Bertz CT molecular complexity index is 869. The predicted octanol–water partition coefficient (Wildman–Crippen LogP) is 0.741. The number of aromatic amines is 1. The summed E-state index contributed by atoms with van der Waals surface area (Å²) < 4.78 is 29.2. The number of amides is 1. The number of H-pyrrole nitrogens is 1. The first-order valence-corrected chi connectivity index (χ1v) is 9.64. The van der Waals surface area contributed by atoms with E-state index >= 15 is 0 Å². The second-order valence-electron chi connectivity index (χ2n) is 6.41. The molecule has 2 aromatic heterocycles. The van der Waals surface area contributed by atoms with Gasteiger partial charge in [0.25, 0.3) is 10.0 Å². The van der Waals surface area contributed by atoms with E-state index in [4.69, 9.17) is 0 Å². The van der Waals surface area contributed by atoms with Crippen LogP contribution < -0.4 is 9.62 Å². The monoisotopic (exact) mass is 366 g/mol. The van der Waals surface area contributed by atoms with Gasteiger partial charge in [-0.05, 0) is 12.8 Å². The van der Waals surface area contributed by atoms with Crippen LogP contribution in [0.15, 0.2) is 23.5 Å². The molecular weight excluding hydrogens is 344 g/mol. The average molecular weight is 366 g/mol. The average Bonchev–Trinajstić information content (AvgIpc) is 3.19. The second kappa shape index (κ2) is 6.60. The summed E-state index contributed by atoms with van der Waals surface area (Å²) in [7, 11) is -2.10. The summed E-state index contributed by atoms with van der Waals surface area (Å²) in [6, 6.07) is 0.929. The van der Waals surface area contributed by atoms with Crippen LogP contribution in [0.25, 0.3) is 0 Å². The highest BCUT2D eigenvalue weighted by Crippen LogP contribution is 2.21. The Balaban J connectivity index is 1.79. The van der Waals surface area contributed by atoms with Crippen LogP contribution in [0.1, 0.15) is 38.4 Å². The van der Waals surface area contributed by atoms with Crippen molar-refractivity contribution in [2.24, 2.45) is 7.05 Å². The number of imidazole rings is 1. The first-order valence-electron chi connectivity index (χ1n) is 8.16. The first-order chi connectivity index (χ1) is 11.8. The van der Waals surface area contributed by atoms with Crippen molar-refractivity contribution in [2.75, 3.05) is 11.4 Å². The van der Waals surface area contributed by atoms with Gasteiger partial charge in [0.2, 0.25) is 5.91 Å². The van der Waals surface area contributed by atoms with Crippen LogP contribution in [0.3, 0.4) is 0 Å². The standard InChI is InChI=1S/C15H22N6O3S/c1-10(2)14-16-9-12(18-14)25(23,24)19-11-5-4-8-21(15(11)22)13-6-7-17-20(13)3/h6-7,9-11,19H,4-5,8H2,1-3H3,(H,16,18)/t11-/m1/s1. The maximum absolute atomic E-state index is 12.7. The van der Waals surface area contributed by atoms with Crippen molar-refractivity contribution in [1.29, 1.82) is 0 Å². The fourth-order valence-corrected chi connectivity index (χ4v) is 3.99. The van der Waals surface area contributed by atoms with Gasteiger partial charge in [-0.1, -0.05) is 13.8 Å². The normalized spacial score (nSPS) is 19.0. The number of anilines is 1. The number of sulfonamides is 1. The van der Waals surface area contributed by atoms with Crippen LogP contribution in [-0.2, 0) is 21.9 Å². The molecule has 2 N–H and O–H groups in total. The van der Waals surface area contributed by atoms with E-state index in [1.807, 2.05) is 13.8 Å². The van der Waals surface area contributed by atoms with Crippen LogP contribution in [0, 0.1) is 0 Å². The van der Waals surface area contributed by atoms with Crippen molar-refractivity contribution in [3.8, 4) is 0 Å². The van der Waals surface area contributed by atoms with Gasteiger partial charge in [0, 0.05) is 25.6 Å². The van der Waals surface area contributed by atoms with E-state index in [-0.39, 0.29) is 16.9 Å². The van der Waals surface area contributed by atoms with E-state index in [2.05, 4.69) is 19.8 Å².